The Balaban J connectivity index is 2.42. The molecule has 1 heterocycles. The quantitative estimate of drug-likeness (QED) is 0.792. The fourth-order valence-corrected chi connectivity index (χ4v) is 2.25. The maximum Gasteiger partial charge on any atom is 0.305 e. The Morgan fingerprint density at radius 2 is 2.17 bits per heavy atom. The Labute approximate surface area is 114 Å². The van der Waals surface area contributed by atoms with E-state index in [0.29, 0.717) is 18.4 Å². The third-order valence-corrected chi connectivity index (χ3v) is 3.50. The number of hydrogen-bond donors (Lipinski definition) is 1. The zero-order valence-electron chi connectivity index (χ0n) is 11.7. The summed E-state index contributed by atoms with van der Waals surface area (Å²) in [4.78, 5) is 11.1. The lowest BCUT2D eigenvalue weighted by Crippen LogP contribution is -2.13. The van der Waals surface area contributed by atoms with E-state index in [4.69, 9.17) is 4.74 Å². The topological polar surface area (TPSA) is 38.3 Å². The second-order valence-corrected chi connectivity index (χ2v) is 6.44. The second kappa shape index (κ2) is 6.78. The van der Waals surface area contributed by atoms with Crippen LogP contribution in [0.15, 0.2) is 11.4 Å². The number of hydrogen-bond acceptors (Lipinski definition) is 4. The van der Waals surface area contributed by atoms with Gasteiger partial charge in [0.2, 0.25) is 0 Å². The third kappa shape index (κ3) is 5.54. The molecular formula is C14H23NO2S. The summed E-state index contributed by atoms with van der Waals surface area (Å²) in [6, 6.07) is 2.01. The van der Waals surface area contributed by atoms with Gasteiger partial charge in [-0.3, -0.25) is 4.79 Å². The average molecular weight is 269 g/mol. The molecule has 1 aromatic heterocycles. The molecular weight excluding hydrogens is 246 g/mol. The summed E-state index contributed by atoms with van der Waals surface area (Å²) in [5, 5.41) is 6.56. The van der Waals surface area contributed by atoms with Gasteiger partial charge in [-0.2, -0.15) is 0 Å². The van der Waals surface area contributed by atoms with Crippen LogP contribution in [0.4, 0.5) is 5.00 Å². The van der Waals surface area contributed by atoms with E-state index in [2.05, 4.69) is 26.1 Å². The smallest absolute Gasteiger partial charge is 0.305 e. The Bertz CT molecular complexity index is 379. The van der Waals surface area contributed by atoms with Gasteiger partial charge in [0.1, 0.15) is 6.61 Å². The van der Waals surface area contributed by atoms with E-state index in [0.717, 1.165) is 23.5 Å². The summed E-state index contributed by atoms with van der Waals surface area (Å²) in [5.74, 6) is -0.151. The second-order valence-electron chi connectivity index (χ2n) is 5.53. The van der Waals surface area contributed by atoms with Gasteiger partial charge >= 0.3 is 5.97 Å². The highest BCUT2D eigenvalue weighted by molar-refractivity contribution is 7.14. The molecule has 4 heteroatoms. The Kier molecular flexibility index (Phi) is 5.66. The number of thiophene rings is 1. The normalized spacial score (nSPS) is 11.3. The number of esters is 1. The first-order chi connectivity index (χ1) is 8.42. The number of rotatable bonds is 6. The van der Waals surface area contributed by atoms with Crippen LogP contribution in [0.5, 0.6) is 0 Å². The Hall–Kier alpha value is -1.03. The summed E-state index contributed by atoms with van der Waals surface area (Å²) in [6.45, 7) is 9.80. The van der Waals surface area contributed by atoms with Gasteiger partial charge in [-0.05, 0) is 23.3 Å². The van der Waals surface area contributed by atoms with E-state index in [1.807, 2.05) is 11.4 Å². The summed E-state index contributed by atoms with van der Waals surface area (Å²) >= 11 is 1.66. The predicted molar refractivity (Wildman–Crippen MR) is 77.0 cm³/mol. The van der Waals surface area contributed by atoms with Crippen molar-refractivity contribution in [1.82, 2.24) is 0 Å². The van der Waals surface area contributed by atoms with Crippen LogP contribution in [-0.4, -0.2) is 12.5 Å². The van der Waals surface area contributed by atoms with E-state index < -0.39 is 0 Å². The molecule has 0 radical (unpaired) electrons. The largest absolute Gasteiger partial charge is 0.461 e. The highest BCUT2D eigenvalue weighted by Crippen LogP contribution is 2.25. The van der Waals surface area contributed by atoms with Crippen molar-refractivity contribution < 1.29 is 9.53 Å². The van der Waals surface area contributed by atoms with Gasteiger partial charge < -0.3 is 10.1 Å². The van der Waals surface area contributed by atoms with Crippen molar-refractivity contribution >= 4 is 22.3 Å². The van der Waals surface area contributed by atoms with E-state index in [1.54, 1.807) is 18.3 Å². The summed E-state index contributed by atoms with van der Waals surface area (Å²) in [5.41, 5.74) is 1.40. The molecule has 1 N–H and O–H groups in total. The van der Waals surface area contributed by atoms with Gasteiger partial charge in [-0.1, -0.05) is 27.7 Å². The number of ether oxygens (including phenoxy) is 1. The average Bonchev–Trinajstić information content (AvgIpc) is 2.72. The van der Waals surface area contributed by atoms with E-state index in [1.165, 1.54) is 0 Å². The van der Waals surface area contributed by atoms with Crippen LogP contribution in [0.3, 0.4) is 0 Å². The maximum absolute atomic E-state index is 11.1. The lowest BCUT2D eigenvalue weighted by molar-refractivity contribution is -0.144. The zero-order chi connectivity index (χ0) is 13.6. The van der Waals surface area contributed by atoms with Crippen LogP contribution in [-0.2, 0) is 16.1 Å². The molecule has 0 bridgehead atoms. The van der Waals surface area contributed by atoms with Crippen molar-refractivity contribution in [2.75, 3.05) is 11.9 Å². The van der Waals surface area contributed by atoms with Crippen LogP contribution >= 0.6 is 11.3 Å². The summed E-state index contributed by atoms with van der Waals surface area (Å²) in [7, 11) is 0. The van der Waals surface area contributed by atoms with Gasteiger partial charge in [-0.15, -0.1) is 11.3 Å². The summed E-state index contributed by atoms with van der Waals surface area (Å²) < 4.78 is 5.15. The minimum Gasteiger partial charge on any atom is -0.461 e. The SMILES string of the molecule is CCC(=O)OCc1ccsc1NCCC(C)(C)C. The molecule has 0 saturated heterocycles. The highest BCUT2D eigenvalue weighted by atomic mass is 32.1. The molecule has 0 saturated carbocycles. The molecule has 0 aliphatic heterocycles. The molecule has 0 spiro atoms. The van der Waals surface area contributed by atoms with Gasteiger partial charge in [-0.25, -0.2) is 0 Å². The van der Waals surface area contributed by atoms with Crippen LogP contribution < -0.4 is 5.32 Å². The molecule has 3 nitrogen and oxygen atoms in total. The molecule has 1 rings (SSSR count). The van der Waals surface area contributed by atoms with Crippen LogP contribution in [0.25, 0.3) is 0 Å². The monoisotopic (exact) mass is 269 g/mol. The molecule has 0 aliphatic carbocycles. The molecule has 1 aromatic rings. The van der Waals surface area contributed by atoms with Crippen LogP contribution in [0.2, 0.25) is 0 Å². The predicted octanol–water partition coefficient (Wildman–Crippen LogP) is 4.05. The summed E-state index contributed by atoms with van der Waals surface area (Å²) in [6.07, 6.45) is 1.54. The van der Waals surface area contributed by atoms with E-state index >= 15 is 0 Å². The first-order valence-electron chi connectivity index (χ1n) is 6.38. The molecule has 0 atom stereocenters. The van der Waals surface area contributed by atoms with Crippen LogP contribution in [0.1, 0.15) is 46.1 Å². The molecule has 102 valence electrons. The van der Waals surface area contributed by atoms with Gasteiger partial charge in [0.15, 0.2) is 0 Å². The number of carbonyl (C=O) groups excluding carboxylic acids is 1. The van der Waals surface area contributed by atoms with Crippen molar-refractivity contribution in [3.63, 3.8) is 0 Å². The van der Waals surface area contributed by atoms with Crippen molar-refractivity contribution in [2.24, 2.45) is 5.41 Å². The number of nitrogens with one attached hydrogen (secondary N) is 1. The van der Waals surface area contributed by atoms with E-state index in [-0.39, 0.29) is 5.97 Å². The van der Waals surface area contributed by atoms with Crippen LogP contribution in [0, 0.1) is 5.41 Å². The Morgan fingerprint density at radius 3 is 2.78 bits per heavy atom. The molecule has 18 heavy (non-hydrogen) atoms. The van der Waals surface area contributed by atoms with Crippen molar-refractivity contribution in [3.8, 4) is 0 Å². The number of carbonyl (C=O) groups is 1. The number of anilines is 1. The lowest BCUT2D eigenvalue weighted by Gasteiger charge is -2.18. The van der Waals surface area contributed by atoms with E-state index in [9.17, 15) is 4.79 Å². The van der Waals surface area contributed by atoms with Gasteiger partial charge in [0, 0.05) is 18.5 Å². The first-order valence-corrected chi connectivity index (χ1v) is 7.26. The standard InChI is InChI=1S/C14H23NO2S/c1-5-12(16)17-10-11-6-9-18-13(11)15-8-7-14(2,3)4/h6,9,15H,5,7-8,10H2,1-4H3. The fourth-order valence-electron chi connectivity index (χ4n) is 1.42. The lowest BCUT2D eigenvalue weighted by atomic mass is 9.92. The minimum atomic E-state index is -0.151. The molecule has 0 aromatic carbocycles. The van der Waals surface area contributed by atoms with Gasteiger partial charge in [0.05, 0.1) is 5.00 Å². The molecule has 0 aliphatic rings. The maximum atomic E-state index is 11.1. The molecule has 0 amide bonds. The van der Waals surface area contributed by atoms with Gasteiger partial charge in [0.25, 0.3) is 0 Å². The fraction of sp³-hybridized carbons (Fsp3) is 0.643. The van der Waals surface area contributed by atoms with Crippen molar-refractivity contribution in [1.29, 1.82) is 0 Å². The van der Waals surface area contributed by atoms with Crippen molar-refractivity contribution in [2.45, 2.75) is 47.1 Å². The third-order valence-electron chi connectivity index (χ3n) is 2.58. The van der Waals surface area contributed by atoms with Crippen molar-refractivity contribution in [3.05, 3.63) is 17.0 Å². The minimum absolute atomic E-state index is 0.151. The molecule has 0 unspecified atom stereocenters. The highest BCUT2D eigenvalue weighted by Gasteiger charge is 2.11. The zero-order valence-corrected chi connectivity index (χ0v) is 12.5. The molecule has 0 fully saturated rings. The Morgan fingerprint density at radius 1 is 1.44 bits per heavy atom. The first kappa shape index (κ1) is 15.0.